The summed E-state index contributed by atoms with van der Waals surface area (Å²) in [5.41, 5.74) is -1.69. The molecule has 1 aromatic heterocycles. The lowest BCUT2D eigenvalue weighted by molar-refractivity contribution is -0.207. The van der Waals surface area contributed by atoms with E-state index in [2.05, 4.69) is 25.9 Å². The van der Waals surface area contributed by atoms with Gasteiger partial charge in [0, 0.05) is 17.9 Å². The predicted octanol–water partition coefficient (Wildman–Crippen LogP) is 5.12. The molecule has 13 heteroatoms. The van der Waals surface area contributed by atoms with E-state index in [-0.39, 0.29) is 35.7 Å². The van der Waals surface area contributed by atoms with Gasteiger partial charge in [-0.3, -0.25) is 4.79 Å². The van der Waals surface area contributed by atoms with Crippen molar-refractivity contribution in [2.45, 2.75) is 43.6 Å². The number of aromatic amines is 1. The fourth-order valence-electron chi connectivity index (χ4n) is 4.29. The summed E-state index contributed by atoms with van der Waals surface area (Å²) >= 11 is 0. The molecule has 2 aromatic carbocycles. The van der Waals surface area contributed by atoms with Gasteiger partial charge in [0.2, 0.25) is 11.7 Å². The van der Waals surface area contributed by atoms with Crippen LogP contribution in [-0.2, 0) is 10.3 Å². The molecule has 3 aromatic rings. The second kappa shape index (κ2) is 9.87. The molecule has 1 amide bonds. The maximum atomic E-state index is 14.9. The van der Waals surface area contributed by atoms with E-state index in [9.17, 15) is 31.1 Å². The smallest absolute Gasteiger partial charge is 0.416 e. The maximum absolute atomic E-state index is 14.9. The predicted molar refractivity (Wildman–Crippen MR) is 119 cm³/mol. The number of halogens is 6. The molecule has 2 heterocycles. The van der Waals surface area contributed by atoms with Crippen molar-refractivity contribution < 1.29 is 35.9 Å². The summed E-state index contributed by atoms with van der Waals surface area (Å²) in [4.78, 5) is 12.3. The first-order valence-corrected chi connectivity index (χ1v) is 11.1. The van der Waals surface area contributed by atoms with Crippen LogP contribution in [0.25, 0.3) is 11.4 Å². The zero-order valence-electron chi connectivity index (χ0n) is 19.3. The molecule has 1 aliphatic rings. The number of nitrogens with zero attached hydrogens (tertiary/aromatic N) is 3. The van der Waals surface area contributed by atoms with Gasteiger partial charge in [0.05, 0.1) is 6.61 Å². The topological polar surface area (TPSA) is 92.8 Å². The largest absolute Gasteiger partial charge is 0.494 e. The van der Waals surface area contributed by atoms with Gasteiger partial charge in [0.25, 0.3) is 0 Å². The summed E-state index contributed by atoms with van der Waals surface area (Å²) in [7, 11) is 0. The van der Waals surface area contributed by atoms with Crippen LogP contribution in [0.1, 0.15) is 35.4 Å². The van der Waals surface area contributed by atoms with Crippen LogP contribution in [0.4, 0.5) is 26.3 Å². The summed E-state index contributed by atoms with van der Waals surface area (Å²) in [5.74, 6) is -1.98. The Morgan fingerprint density at radius 3 is 2.41 bits per heavy atom. The SMILES string of the molecule is Cc1ccc(C2C=CC(=O)NC2(c2ccc(OCCCC(F)(F)F)cc2)C(F)(F)F)cc1-c1nn[nH]n1. The van der Waals surface area contributed by atoms with Crippen molar-refractivity contribution in [3.63, 3.8) is 0 Å². The number of benzene rings is 2. The van der Waals surface area contributed by atoms with Crippen molar-refractivity contribution >= 4 is 5.91 Å². The number of hydrogen-bond acceptors (Lipinski definition) is 5. The van der Waals surface area contributed by atoms with Crippen molar-refractivity contribution in [3.8, 4) is 17.1 Å². The van der Waals surface area contributed by atoms with Gasteiger partial charge >= 0.3 is 12.4 Å². The monoisotopic (exact) mass is 525 g/mol. The first-order chi connectivity index (χ1) is 17.4. The van der Waals surface area contributed by atoms with E-state index in [0.29, 0.717) is 11.1 Å². The average molecular weight is 525 g/mol. The Balaban J connectivity index is 1.71. The number of nitrogens with one attached hydrogen (secondary N) is 2. The molecule has 0 fully saturated rings. The molecule has 7 nitrogen and oxygen atoms in total. The van der Waals surface area contributed by atoms with Crippen LogP contribution >= 0.6 is 0 Å². The van der Waals surface area contributed by atoms with E-state index < -0.39 is 36.1 Å². The van der Waals surface area contributed by atoms with Gasteiger partial charge in [-0.05, 0) is 59.5 Å². The molecule has 0 spiro atoms. The van der Waals surface area contributed by atoms with E-state index >= 15 is 0 Å². The fraction of sp³-hybridized carbons (Fsp3) is 0.333. The Morgan fingerprint density at radius 1 is 1.05 bits per heavy atom. The minimum atomic E-state index is -4.94. The van der Waals surface area contributed by atoms with Crippen LogP contribution in [0.2, 0.25) is 0 Å². The number of tetrazole rings is 1. The minimum Gasteiger partial charge on any atom is -0.494 e. The molecule has 196 valence electrons. The molecule has 0 radical (unpaired) electrons. The van der Waals surface area contributed by atoms with Gasteiger partial charge in [0.1, 0.15) is 5.75 Å². The normalized spacial score (nSPS) is 20.1. The molecule has 0 aliphatic carbocycles. The van der Waals surface area contributed by atoms with E-state index in [1.54, 1.807) is 13.0 Å². The highest BCUT2D eigenvalue weighted by molar-refractivity contribution is 5.90. The van der Waals surface area contributed by atoms with Crippen LogP contribution in [0.3, 0.4) is 0 Å². The maximum Gasteiger partial charge on any atom is 0.416 e. The molecule has 2 atom stereocenters. The van der Waals surface area contributed by atoms with Crippen LogP contribution < -0.4 is 10.1 Å². The summed E-state index contributed by atoms with van der Waals surface area (Å²) in [5, 5.41) is 15.8. The number of H-pyrrole nitrogens is 1. The van der Waals surface area contributed by atoms with Crippen LogP contribution in [-0.4, -0.2) is 45.5 Å². The zero-order valence-corrected chi connectivity index (χ0v) is 19.3. The van der Waals surface area contributed by atoms with Gasteiger partial charge in [-0.25, -0.2) is 0 Å². The second-order valence-electron chi connectivity index (χ2n) is 8.53. The van der Waals surface area contributed by atoms with Gasteiger partial charge < -0.3 is 10.1 Å². The molecule has 1 aliphatic heterocycles. The van der Waals surface area contributed by atoms with E-state index in [1.165, 1.54) is 30.3 Å². The number of aromatic nitrogens is 4. The number of carbonyl (C=O) groups excluding carboxylic acids is 1. The highest BCUT2D eigenvalue weighted by Gasteiger charge is 2.62. The summed E-state index contributed by atoms with van der Waals surface area (Å²) < 4.78 is 86.8. The number of aryl methyl sites for hydroxylation is 1. The molecule has 2 unspecified atom stereocenters. The van der Waals surface area contributed by atoms with Crippen molar-refractivity contribution in [3.05, 3.63) is 71.3 Å². The Morgan fingerprint density at radius 2 is 1.78 bits per heavy atom. The van der Waals surface area contributed by atoms with Crippen LogP contribution in [0.15, 0.2) is 54.6 Å². The number of ether oxygens (including phenoxy) is 1. The molecule has 2 N–H and O–H groups in total. The number of amides is 1. The molecule has 4 rings (SSSR count). The highest BCUT2D eigenvalue weighted by Crippen LogP contribution is 2.51. The van der Waals surface area contributed by atoms with Crippen molar-refractivity contribution in [2.75, 3.05) is 6.61 Å². The third kappa shape index (κ3) is 5.44. The van der Waals surface area contributed by atoms with E-state index in [1.807, 2.05) is 0 Å². The Kier molecular flexibility index (Phi) is 6.98. The molecule has 0 saturated heterocycles. The Labute approximate surface area is 206 Å². The molecule has 37 heavy (non-hydrogen) atoms. The lowest BCUT2D eigenvalue weighted by Gasteiger charge is -2.44. The van der Waals surface area contributed by atoms with Crippen molar-refractivity contribution in [1.29, 1.82) is 0 Å². The average Bonchev–Trinajstić information content (AvgIpc) is 3.36. The van der Waals surface area contributed by atoms with Crippen molar-refractivity contribution in [2.24, 2.45) is 0 Å². The van der Waals surface area contributed by atoms with E-state index in [4.69, 9.17) is 4.74 Å². The molecular weight excluding hydrogens is 504 g/mol. The first-order valence-electron chi connectivity index (χ1n) is 11.1. The highest BCUT2D eigenvalue weighted by atomic mass is 19.4. The van der Waals surface area contributed by atoms with Crippen LogP contribution in [0.5, 0.6) is 5.75 Å². The molecular formula is C24H21F6N5O2. The third-order valence-electron chi connectivity index (χ3n) is 6.06. The zero-order chi connectivity index (χ0) is 26.8. The molecule has 0 saturated carbocycles. The van der Waals surface area contributed by atoms with Gasteiger partial charge in [-0.1, -0.05) is 30.3 Å². The number of hydrogen-bond donors (Lipinski definition) is 2. The standard InChI is InChI=1S/C24H21F6N5O2/c1-14-3-4-15(13-18(14)21-32-34-35-33-21)19-9-10-20(36)31-23(19,24(28,29)30)16-5-7-17(8-6-16)37-12-2-11-22(25,26)27/h3-10,13,19H,2,11-12H2,1H3,(H,31,36)(H,32,33,34,35). The molecule has 0 bridgehead atoms. The Hall–Kier alpha value is -3.90. The summed E-state index contributed by atoms with van der Waals surface area (Å²) in [6, 6.07) is 9.44. The Bertz CT molecular complexity index is 1270. The van der Waals surface area contributed by atoms with Crippen molar-refractivity contribution in [1.82, 2.24) is 25.9 Å². The fourth-order valence-corrected chi connectivity index (χ4v) is 4.29. The van der Waals surface area contributed by atoms with E-state index in [0.717, 1.165) is 18.2 Å². The number of alkyl halides is 6. The third-order valence-corrected chi connectivity index (χ3v) is 6.06. The van der Waals surface area contributed by atoms with Gasteiger partial charge in [-0.2, -0.15) is 31.6 Å². The van der Waals surface area contributed by atoms with Gasteiger partial charge in [0.15, 0.2) is 5.54 Å². The number of rotatable bonds is 7. The minimum absolute atomic E-state index is 0.104. The van der Waals surface area contributed by atoms with Gasteiger partial charge in [-0.15, -0.1) is 10.2 Å². The summed E-state index contributed by atoms with van der Waals surface area (Å²) in [6.45, 7) is 1.49. The number of carbonyl (C=O) groups is 1. The van der Waals surface area contributed by atoms with Crippen LogP contribution in [0, 0.1) is 6.92 Å². The first kappa shape index (κ1) is 26.2. The second-order valence-corrected chi connectivity index (χ2v) is 8.53. The summed E-state index contributed by atoms with van der Waals surface area (Å²) in [6.07, 6.45) is -8.36. The lowest BCUT2D eigenvalue weighted by atomic mass is 9.71. The quantitative estimate of drug-likeness (QED) is 0.330. The lowest BCUT2D eigenvalue weighted by Crippen LogP contribution is -2.60.